The Balaban J connectivity index is 1.75. The second-order valence-corrected chi connectivity index (χ2v) is 6.12. The van der Waals surface area contributed by atoms with Gasteiger partial charge in [0, 0.05) is 25.1 Å². The molecule has 2 aromatic rings. The molecule has 7 nitrogen and oxygen atoms in total. The minimum Gasteiger partial charge on any atom is -0.390 e. The van der Waals surface area contributed by atoms with Gasteiger partial charge in [-0.3, -0.25) is 4.79 Å². The highest BCUT2D eigenvalue weighted by molar-refractivity contribution is 5.99. The fraction of sp³-hybridized carbons (Fsp3) is 0.412. The maximum atomic E-state index is 13.1. The molecule has 0 radical (unpaired) electrons. The molecule has 1 amide bonds. The molecule has 1 aromatic heterocycles. The van der Waals surface area contributed by atoms with Gasteiger partial charge in [-0.2, -0.15) is 0 Å². The first-order valence-corrected chi connectivity index (χ1v) is 7.87. The van der Waals surface area contributed by atoms with E-state index in [9.17, 15) is 19.4 Å². The van der Waals surface area contributed by atoms with Crippen molar-refractivity contribution in [3.8, 4) is 11.3 Å². The predicted molar refractivity (Wildman–Crippen MR) is 85.2 cm³/mol. The highest BCUT2D eigenvalue weighted by Gasteiger charge is 2.33. The van der Waals surface area contributed by atoms with E-state index in [4.69, 9.17) is 9.26 Å². The van der Waals surface area contributed by atoms with Gasteiger partial charge < -0.3 is 24.4 Å². The molecule has 0 aliphatic carbocycles. The van der Waals surface area contributed by atoms with Crippen LogP contribution in [0, 0.1) is 11.7 Å². The number of aromatic nitrogens is 1. The molecule has 25 heavy (non-hydrogen) atoms. The first kappa shape index (κ1) is 17.5. The van der Waals surface area contributed by atoms with Crippen LogP contribution in [-0.2, 0) is 4.74 Å². The summed E-state index contributed by atoms with van der Waals surface area (Å²) < 4.78 is 23.2. The number of hydrogen-bond acceptors (Lipinski definition) is 6. The first-order chi connectivity index (χ1) is 12.0. The fourth-order valence-corrected chi connectivity index (χ4v) is 2.86. The molecule has 1 fully saturated rings. The summed E-state index contributed by atoms with van der Waals surface area (Å²) in [5.74, 6) is -1.14. The van der Waals surface area contributed by atoms with E-state index in [1.54, 1.807) is 7.05 Å². The molecular weight excluding hydrogens is 331 g/mol. The van der Waals surface area contributed by atoms with Gasteiger partial charge >= 0.3 is 0 Å². The van der Waals surface area contributed by atoms with Crippen molar-refractivity contribution < 1.29 is 28.7 Å². The second-order valence-electron chi connectivity index (χ2n) is 6.12. The van der Waals surface area contributed by atoms with E-state index in [-0.39, 0.29) is 37.0 Å². The molecule has 0 bridgehead atoms. The molecule has 3 rings (SSSR count). The van der Waals surface area contributed by atoms with Gasteiger partial charge in [0.25, 0.3) is 5.91 Å². The Kier molecular flexibility index (Phi) is 5.12. The van der Waals surface area contributed by atoms with Gasteiger partial charge in [0.15, 0.2) is 0 Å². The molecular formula is C17H19FN2O5. The predicted octanol–water partition coefficient (Wildman–Crippen LogP) is 0.921. The van der Waals surface area contributed by atoms with E-state index in [1.807, 2.05) is 0 Å². The van der Waals surface area contributed by atoms with Crippen molar-refractivity contribution in [1.82, 2.24) is 10.1 Å². The number of aliphatic hydroxyl groups is 2. The number of carbonyl (C=O) groups is 1. The van der Waals surface area contributed by atoms with Crippen LogP contribution in [0.1, 0.15) is 10.4 Å². The third-order valence-electron chi connectivity index (χ3n) is 4.27. The lowest BCUT2D eigenvalue weighted by Crippen LogP contribution is -2.48. The maximum Gasteiger partial charge on any atom is 0.259 e. The molecule has 2 heterocycles. The van der Waals surface area contributed by atoms with Crippen LogP contribution in [0.4, 0.5) is 4.39 Å². The van der Waals surface area contributed by atoms with Crippen LogP contribution in [0.3, 0.4) is 0 Å². The molecule has 1 saturated heterocycles. The van der Waals surface area contributed by atoms with Crippen molar-refractivity contribution in [2.45, 2.75) is 12.2 Å². The number of hydrogen-bond donors (Lipinski definition) is 2. The zero-order valence-corrected chi connectivity index (χ0v) is 13.6. The van der Waals surface area contributed by atoms with Crippen molar-refractivity contribution in [3.05, 3.63) is 41.9 Å². The summed E-state index contributed by atoms with van der Waals surface area (Å²) in [6, 6.07) is 5.58. The number of ether oxygens (including phenoxy) is 1. The van der Waals surface area contributed by atoms with Crippen LogP contribution < -0.4 is 0 Å². The highest BCUT2D eigenvalue weighted by Crippen LogP contribution is 2.24. The molecule has 134 valence electrons. The quantitative estimate of drug-likeness (QED) is 0.851. The minimum atomic E-state index is -0.965. The van der Waals surface area contributed by atoms with Crippen molar-refractivity contribution in [2.75, 3.05) is 26.8 Å². The Hall–Kier alpha value is -2.29. The monoisotopic (exact) mass is 350 g/mol. The van der Waals surface area contributed by atoms with E-state index in [1.165, 1.54) is 35.4 Å². The number of rotatable bonds is 4. The van der Waals surface area contributed by atoms with Gasteiger partial charge in [0.05, 0.1) is 19.3 Å². The average Bonchev–Trinajstić information content (AvgIpc) is 3.08. The maximum absolute atomic E-state index is 13.1. The van der Waals surface area contributed by atoms with E-state index in [2.05, 4.69) is 5.16 Å². The molecule has 1 aromatic carbocycles. The van der Waals surface area contributed by atoms with Crippen LogP contribution in [0.15, 0.2) is 35.1 Å². The lowest BCUT2D eigenvalue weighted by atomic mass is 9.96. The third-order valence-corrected chi connectivity index (χ3v) is 4.27. The van der Waals surface area contributed by atoms with E-state index in [0.717, 1.165) is 0 Å². The number of halogens is 1. The number of nitrogens with zero attached hydrogens (tertiary/aromatic N) is 2. The van der Waals surface area contributed by atoms with Gasteiger partial charge in [-0.15, -0.1) is 0 Å². The van der Waals surface area contributed by atoms with Gasteiger partial charge in [0.2, 0.25) is 0 Å². The first-order valence-electron chi connectivity index (χ1n) is 7.87. The molecule has 0 unspecified atom stereocenters. The van der Waals surface area contributed by atoms with Crippen molar-refractivity contribution >= 4 is 5.91 Å². The van der Waals surface area contributed by atoms with Gasteiger partial charge in [0.1, 0.15) is 29.4 Å². The largest absolute Gasteiger partial charge is 0.390 e. The number of aliphatic hydroxyl groups excluding tert-OH is 2. The van der Waals surface area contributed by atoms with Crippen LogP contribution in [0.2, 0.25) is 0 Å². The lowest BCUT2D eigenvalue weighted by molar-refractivity contribution is -0.123. The summed E-state index contributed by atoms with van der Waals surface area (Å²) in [6.45, 7) is 0.533. The van der Waals surface area contributed by atoms with Crippen LogP contribution in [-0.4, -0.2) is 65.2 Å². The standard InChI is InChI=1S/C17H19FN2O5/c1-20(6-11-7-24-9-14(21)16(11)22)17(23)13-8-25-19-15(13)10-2-4-12(18)5-3-10/h2-5,8,11,14,16,21-22H,6-7,9H2,1H3/t11-,14-,16+/m1/s1. The van der Waals surface area contributed by atoms with Crippen LogP contribution >= 0.6 is 0 Å². The molecule has 0 spiro atoms. The molecule has 2 N–H and O–H groups in total. The Morgan fingerprint density at radius 1 is 1.32 bits per heavy atom. The summed E-state index contributed by atoms with van der Waals surface area (Å²) >= 11 is 0. The summed E-state index contributed by atoms with van der Waals surface area (Å²) in [7, 11) is 1.58. The topological polar surface area (TPSA) is 96.0 Å². The normalized spacial score (nSPS) is 23.4. The fourth-order valence-electron chi connectivity index (χ4n) is 2.86. The van der Waals surface area contributed by atoms with Crippen molar-refractivity contribution in [3.63, 3.8) is 0 Å². The van der Waals surface area contributed by atoms with Gasteiger partial charge in [-0.1, -0.05) is 5.16 Å². The Labute approximate surface area is 143 Å². The number of amides is 1. The number of carbonyl (C=O) groups excluding carboxylic acids is 1. The molecule has 0 saturated carbocycles. The van der Waals surface area contributed by atoms with Gasteiger partial charge in [-0.25, -0.2) is 4.39 Å². The minimum absolute atomic E-state index is 0.0791. The van der Waals surface area contributed by atoms with Crippen molar-refractivity contribution in [2.24, 2.45) is 5.92 Å². The van der Waals surface area contributed by atoms with E-state index in [0.29, 0.717) is 11.3 Å². The Bertz CT molecular complexity index is 733. The number of benzene rings is 1. The Morgan fingerprint density at radius 3 is 2.76 bits per heavy atom. The van der Waals surface area contributed by atoms with E-state index >= 15 is 0 Å². The lowest BCUT2D eigenvalue weighted by Gasteiger charge is -2.34. The smallest absolute Gasteiger partial charge is 0.259 e. The molecule has 1 aliphatic heterocycles. The van der Waals surface area contributed by atoms with Crippen LogP contribution in [0.25, 0.3) is 11.3 Å². The second kappa shape index (κ2) is 7.30. The molecule has 8 heteroatoms. The summed E-state index contributed by atoms with van der Waals surface area (Å²) in [5.41, 5.74) is 1.11. The average molecular weight is 350 g/mol. The Morgan fingerprint density at radius 2 is 2.04 bits per heavy atom. The SMILES string of the molecule is CN(C[C@@H]1COC[C@@H](O)[C@H]1O)C(=O)c1conc1-c1ccc(F)cc1. The van der Waals surface area contributed by atoms with Crippen LogP contribution in [0.5, 0.6) is 0 Å². The highest BCUT2D eigenvalue weighted by atomic mass is 19.1. The van der Waals surface area contributed by atoms with Gasteiger partial charge in [-0.05, 0) is 24.3 Å². The van der Waals surface area contributed by atoms with E-state index < -0.39 is 18.1 Å². The van der Waals surface area contributed by atoms with Crippen molar-refractivity contribution in [1.29, 1.82) is 0 Å². The third kappa shape index (κ3) is 3.71. The summed E-state index contributed by atoms with van der Waals surface area (Å²) in [6.07, 6.45) is -0.684. The summed E-state index contributed by atoms with van der Waals surface area (Å²) in [4.78, 5) is 14.1. The zero-order valence-electron chi connectivity index (χ0n) is 13.6. The molecule has 1 aliphatic rings. The molecule has 3 atom stereocenters. The summed E-state index contributed by atoms with van der Waals surface area (Å²) in [5, 5.41) is 23.5. The zero-order chi connectivity index (χ0) is 18.0.